The number of sulfonamides is 1. The molecule has 7 heteroatoms. The van der Waals surface area contributed by atoms with Gasteiger partial charge in [0.1, 0.15) is 5.75 Å². The van der Waals surface area contributed by atoms with Crippen LogP contribution in [-0.2, 0) is 14.8 Å². The van der Waals surface area contributed by atoms with Crippen LogP contribution in [0.2, 0.25) is 0 Å². The first-order valence-electron chi connectivity index (χ1n) is 8.30. The molecule has 0 heterocycles. The maximum atomic E-state index is 12.2. The second kappa shape index (κ2) is 8.33. The zero-order chi connectivity index (χ0) is 19.3. The van der Waals surface area contributed by atoms with Crippen molar-refractivity contribution in [3.05, 3.63) is 53.1 Å². The number of amides is 1. The Labute approximate surface area is 154 Å². The summed E-state index contributed by atoms with van der Waals surface area (Å²) in [6.07, 6.45) is 0.816. The summed E-state index contributed by atoms with van der Waals surface area (Å²) < 4.78 is 28.7. The van der Waals surface area contributed by atoms with E-state index in [-0.39, 0.29) is 17.2 Å². The minimum atomic E-state index is -3.83. The molecule has 0 fully saturated rings. The fraction of sp³-hybridized carbons (Fsp3) is 0.316. The molecule has 0 atom stereocenters. The van der Waals surface area contributed by atoms with E-state index in [9.17, 15) is 13.2 Å². The minimum Gasteiger partial charge on any atom is -0.494 e. The number of carbonyl (C=O) groups excluding carboxylic acids is 1. The van der Waals surface area contributed by atoms with Crippen LogP contribution in [0.5, 0.6) is 5.75 Å². The van der Waals surface area contributed by atoms with Crippen molar-refractivity contribution in [2.75, 3.05) is 11.9 Å². The number of hydrogen-bond acceptors (Lipinski definition) is 4. The number of hydrogen-bond donors (Lipinski definition) is 2. The van der Waals surface area contributed by atoms with E-state index in [1.165, 1.54) is 12.1 Å². The quantitative estimate of drug-likeness (QED) is 0.726. The molecule has 140 valence electrons. The Morgan fingerprint density at radius 2 is 1.88 bits per heavy atom. The molecule has 0 saturated carbocycles. The maximum Gasteiger partial charge on any atom is 0.238 e. The number of anilines is 1. The van der Waals surface area contributed by atoms with Gasteiger partial charge < -0.3 is 10.1 Å². The molecular formula is C19H24N2O4S. The fourth-order valence-electron chi connectivity index (χ4n) is 2.46. The van der Waals surface area contributed by atoms with Crippen LogP contribution in [0, 0.1) is 20.8 Å². The van der Waals surface area contributed by atoms with Crippen molar-refractivity contribution < 1.29 is 17.9 Å². The summed E-state index contributed by atoms with van der Waals surface area (Å²) in [4.78, 5) is 12.1. The van der Waals surface area contributed by atoms with Crippen molar-refractivity contribution >= 4 is 21.6 Å². The van der Waals surface area contributed by atoms with Crippen molar-refractivity contribution in [1.29, 1.82) is 0 Å². The molecule has 0 radical (unpaired) electrons. The lowest BCUT2D eigenvalue weighted by molar-refractivity contribution is -0.116. The van der Waals surface area contributed by atoms with Gasteiger partial charge >= 0.3 is 0 Å². The van der Waals surface area contributed by atoms with E-state index in [0.717, 1.165) is 22.4 Å². The number of benzene rings is 2. The molecule has 2 rings (SSSR count). The lowest BCUT2D eigenvalue weighted by Gasteiger charge is -2.13. The smallest absolute Gasteiger partial charge is 0.238 e. The average Bonchev–Trinajstić information content (AvgIpc) is 2.55. The predicted molar refractivity (Wildman–Crippen MR) is 102 cm³/mol. The summed E-state index contributed by atoms with van der Waals surface area (Å²) in [6.45, 7) is 6.00. The Balaban J connectivity index is 1.92. The van der Waals surface area contributed by atoms with Crippen LogP contribution in [0.4, 0.5) is 5.69 Å². The molecule has 0 aromatic heterocycles. The zero-order valence-electron chi connectivity index (χ0n) is 15.2. The van der Waals surface area contributed by atoms with Crippen LogP contribution in [0.1, 0.15) is 29.5 Å². The average molecular weight is 376 g/mol. The minimum absolute atomic E-state index is 0.0151. The Morgan fingerprint density at radius 1 is 1.15 bits per heavy atom. The van der Waals surface area contributed by atoms with Crippen molar-refractivity contribution in [3.8, 4) is 5.75 Å². The van der Waals surface area contributed by atoms with Gasteiger partial charge in [-0.1, -0.05) is 12.1 Å². The topological polar surface area (TPSA) is 98.5 Å². The molecule has 0 aliphatic heterocycles. The van der Waals surface area contributed by atoms with Gasteiger partial charge in [-0.3, -0.25) is 4.79 Å². The van der Waals surface area contributed by atoms with Gasteiger partial charge in [0, 0.05) is 12.1 Å². The third-order valence-electron chi connectivity index (χ3n) is 4.05. The Hall–Kier alpha value is -2.38. The van der Waals surface area contributed by atoms with Crippen LogP contribution in [0.25, 0.3) is 0 Å². The van der Waals surface area contributed by atoms with Crippen molar-refractivity contribution in [1.82, 2.24) is 0 Å². The van der Waals surface area contributed by atoms with Gasteiger partial charge in [-0.15, -0.1) is 0 Å². The van der Waals surface area contributed by atoms with E-state index in [1.54, 1.807) is 6.92 Å². The van der Waals surface area contributed by atoms with Gasteiger partial charge in [0.2, 0.25) is 15.9 Å². The number of rotatable bonds is 7. The summed E-state index contributed by atoms with van der Waals surface area (Å²) in [7, 11) is -3.83. The molecule has 0 spiro atoms. The molecule has 0 saturated heterocycles. The summed E-state index contributed by atoms with van der Waals surface area (Å²) in [5.74, 6) is 0.574. The largest absolute Gasteiger partial charge is 0.494 e. The van der Waals surface area contributed by atoms with E-state index in [0.29, 0.717) is 18.7 Å². The lowest BCUT2D eigenvalue weighted by atomic mass is 10.1. The second-order valence-electron chi connectivity index (χ2n) is 6.27. The summed E-state index contributed by atoms with van der Waals surface area (Å²) in [5.41, 5.74) is 3.12. The normalized spacial score (nSPS) is 11.2. The number of ether oxygens (including phenoxy) is 1. The second-order valence-corrected chi connectivity index (χ2v) is 7.84. The number of aryl methyl sites for hydroxylation is 2. The van der Waals surface area contributed by atoms with Crippen LogP contribution in [-0.4, -0.2) is 20.9 Å². The predicted octanol–water partition coefficient (Wildman–Crippen LogP) is 3.06. The van der Waals surface area contributed by atoms with Gasteiger partial charge in [-0.25, -0.2) is 13.6 Å². The molecule has 26 heavy (non-hydrogen) atoms. The monoisotopic (exact) mass is 376 g/mol. The van der Waals surface area contributed by atoms with E-state index >= 15 is 0 Å². The molecule has 0 aliphatic carbocycles. The van der Waals surface area contributed by atoms with E-state index in [1.807, 2.05) is 38.1 Å². The molecule has 1 amide bonds. The summed E-state index contributed by atoms with van der Waals surface area (Å²) in [6, 6.07) is 10.6. The third kappa shape index (κ3) is 5.57. The van der Waals surface area contributed by atoms with E-state index in [2.05, 4.69) is 5.32 Å². The van der Waals surface area contributed by atoms with Gasteiger partial charge in [-0.05, 0) is 68.1 Å². The molecule has 0 aliphatic rings. The van der Waals surface area contributed by atoms with Crippen molar-refractivity contribution in [2.24, 2.45) is 5.14 Å². The molecule has 0 bridgehead atoms. The molecule has 0 unspecified atom stereocenters. The third-order valence-corrected chi connectivity index (χ3v) is 4.94. The van der Waals surface area contributed by atoms with Crippen LogP contribution < -0.4 is 15.2 Å². The van der Waals surface area contributed by atoms with Gasteiger partial charge in [-0.2, -0.15) is 0 Å². The highest BCUT2D eigenvalue weighted by molar-refractivity contribution is 7.89. The van der Waals surface area contributed by atoms with Crippen LogP contribution in [0.3, 0.4) is 0 Å². The van der Waals surface area contributed by atoms with Crippen molar-refractivity contribution in [3.63, 3.8) is 0 Å². The Morgan fingerprint density at radius 3 is 2.54 bits per heavy atom. The molecule has 6 nitrogen and oxygen atoms in total. The number of carbonyl (C=O) groups is 1. The van der Waals surface area contributed by atoms with E-state index in [4.69, 9.17) is 9.88 Å². The Bertz CT molecular complexity index is 908. The number of primary sulfonamides is 1. The number of nitrogens with two attached hydrogens (primary N) is 1. The molecule has 3 N–H and O–H groups in total. The molecule has 2 aromatic carbocycles. The van der Waals surface area contributed by atoms with Gasteiger partial charge in [0.05, 0.1) is 11.5 Å². The summed E-state index contributed by atoms with van der Waals surface area (Å²) >= 11 is 0. The first-order valence-corrected chi connectivity index (χ1v) is 9.85. The molecular weight excluding hydrogens is 352 g/mol. The first-order chi connectivity index (χ1) is 12.2. The maximum absolute atomic E-state index is 12.2. The first kappa shape index (κ1) is 19.9. The van der Waals surface area contributed by atoms with Crippen molar-refractivity contribution in [2.45, 2.75) is 38.5 Å². The van der Waals surface area contributed by atoms with E-state index < -0.39 is 10.0 Å². The lowest BCUT2D eigenvalue weighted by Crippen LogP contribution is -2.16. The highest BCUT2D eigenvalue weighted by Gasteiger charge is 2.14. The van der Waals surface area contributed by atoms with Crippen LogP contribution in [0.15, 0.2) is 41.3 Å². The fourth-order valence-corrected chi connectivity index (χ4v) is 3.08. The Kier molecular flexibility index (Phi) is 6.39. The zero-order valence-corrected chi connectivity index (χ0v) is 16.0. The van der Waals surface area contributed by atoms with Gasteiger partial charge in [0.15, 0.2) is 0 Å². The van der Waals surface area contributed by atoms with Crippen LogP contribution >= 0.6 is 0 Å². The highest BCUT2D eigenvalue weighted by atomic mass is 32.2. The highest BCUT2D eigenvalue weighted by Crippen LogP contribution is 2.23. The van der Waals surface area contributed by atoms with Gasteiger partial charge in [0.25, 0.3) is 0 Å². The number of nitrogens with one attached hydrogen (secondary N) is 1. The molecule has 2 aromatic rings. The SMILES string of the molecule is Cc1cccc(OCCCC(=O)Nc2cc(S(N)(=O)=O)cc(C)c2C)c1. The standard InChI is InChI=1S/C19H24N2O4S/c1-13-6-4-7-16(10-13)25-9-5-8-19(22)21-18-12-17(26(20,23)24)11-14(2)15(18)3/h4,6-7,10-12H,5,8-9H2,1-3H3,(H,21,22)(H2,20,23,24). The summed E-state index contributed by atoms with van der Waals surface area (Å²) in [5, 5.41) is 7.94.